The zero-order valence-corrected chi connectivity index (χ0v) is 20.9. The normalized spacial score (nSPS) is 19.3. The van der Waals surface area contributed by atoms with Crippen molar-refractivity contribution >= 4 is 29.2 Å². The van der Waals surface area contributed by atoms with Crippen LogP contribution in [-0.4, -0.2) is 55.0 Å². The number of hydrogen-bond acceptors (Lipinski definition) is 4. The summed E-state index contributed by atoms with van der Waals surface area (Å²) in [5, 5.41) is 5.50. The Morgan fingerprint density at radius 2 is 1.89 bits per heavy atom. The fourth-order valence-electron chi connectivity index (χ4n) is 4.70. The molecule has 2 heterocycles. The summed E-state index contributed by atoms with van der Waals surface area (Å²) in [6, 6.07) is 11.5. The molecule has 2 aromatic rings. The van der Waals surface area contributed by atoms with E-state index >= 15 is 0 Å². The molecule has 0 bridgehead atoms. The fraction of sp³-hybridized carbons (Fsp3) is 0.444. The minimum Gasteiger partial charge on any atom is -0.489 e. The van der Waals surface area contributed by atoms with E-state index in [1.807, 2.05) is 49.1 Å². The van der Waals surface area contributed by atoms with Crippen LogP contribution in [0.25, 0.3) is 0 Å². The maximum Gasteiger partial charge on any atom is 0.320 e. The molecule has 0 aromatic heterocycles. The number of carbonyl (C=O) groups is 3. The predicted molar refractivity (Wildman–Crippen MR) is 136 cm³/mol. The summed E-state index contributed by atoms with van der Waals surface area (Å²) >= 11 is 0. The molecule has 1 fully saturated rings. The Labute approximate surface area is 206 Å². The van der Waals surface area contributed by atoms with Crippen molar-refractivity contribution in [2.24, 2.45) is 5.41 Å². The molecule has 8 nitrogen and oxygen atoms in total. The highest BCUT2D eigenvalue weighted by Crippen LogP contribution is 2.33. The van der Waals surface area contributed by atoms with Crippen LogP contribution in [0.2, 0.25) is 0 Å². The molecule has 1 atom stereocenters. The van der Waals surface area contributed by atoms with Gasteiger partial charge < -0.3 is 20.3 Å². The van der Waals surface area contributed by atoms with Crippen LogP contribution in [0.3, 0.4) is 0 Å². The van der Waals surface area contributed by atoms with Crippen LogP contribution < -0.4 is 20.3 Å². The third kappa shape index (κ3) is 5.93. The van der Waals surface area contributed by atoms with Gasteiger partial charge in [0.15, 0.2) is 0 Å². The van der Waals surface area contributed by atoms with Crippen LogP contribution in [0.5, 0.6) is 5.75 Å². The van der Waals surface area contributed by atoms with E-state index in [2.05, 4.69) is 24.5 Å². The molecule has 0 unspecified atom stereocenters. The number of fused-ring (bicyclic) bond motifs is 1. The van der Waals surface area contributed by atoms with Gasteiger partial charge in [-0.3, -0.25) is 14.5 Å². The molecule has 2 N–H and O–H groups in total. The second kappa shape index (κ2) is 9.98. The first-order chi connectivity index (χ1) is 16.6. The Balaban J connectivity index is 1.54. The number of urea groups is 1. The number of hydrogen-bond donors (Lipinski definition) is 2. The molecule has 2 aliphatic heterocycles. The van der Waals surface area contributed by atoms with Gasteiger partial charge in [-0.15, -0.1) is 0 Å². The molecule has 2 aromatic carbocycles. The molecule has 0 aliphatic carbocycles. The summed E-state index contributed by atoms with van der Waals surface area (Å²) in [7, 11) is 0. The van der Waals surface area contributed by atoms with E-state index in [9.17, 15) is 14.4 Å². The quantitative estimate of drug-likeness (QED) is 0.698. The van der Waals surface area contributed by atoms with Gasteiger partial charge >= 0.3 is 6.03 Å². The van der Waals surface area contributed by atoms with Gasteiger partial charge in [-0.05, 0) is 67.5 Å². The number of amides is 4. The van der Waals surface area contributed by atoms with Crippen LogP contribution in [0.15, 0.2) is 42.5 Å². The largest absolute Gasteiger partial charge is 0.489 e. The maximum atomic E-state index is 13.6. The molecular weight excluding hydrogens is 444 g/mol. The van der Waals surface area contributed by atoms with Crippen LogP contribution in [0, 0.1) is 19.3 Å². The summed E-state index contributed by atoms with van der Waals surface area (Å²) in [4.78, 5) is 42.9. The molecular formula is C27H34N4O4. The van der Waals surface area contributed by atoms with Crippen molar-refractivity contribution in [2.45, 2.75) is 46.6 Å². The number of likely N-dealkylation sites (tertiary alicyclic amines) is 1. The lowest BCUT2D eigenvalue weighted by molar-refractivity contribution is -0.134. The number of carbonyl (C=O) groups excluding carboxylic acids is 3. The van der Waals surface area contributed by atoms with Crippen molar-refractivity contribution in [3.05, 3.63) is 53.6 Å². The van der Waals surface area contributed by atoms with Gasteiger partial charge in [-0.25, -0.2) is 4.79 Å². The first-order valence-electron chi connectivity index (χ1n) is 12.1. The van der Waals surface area contributed by atoms with Crippen molar-refractivity contribution in [3.63, 3.8) is 0 Å². The Bertz CT molecular complexity index is 1130. The van der Waals surface area contributed by atoms with Crippen LogP contribution in [-0.2, 0) is 9.59 Å². The number of rotatable bonds is 4. The lowest BCUT2D eigenvalue weighted by Crippen LogP contribution is -2.54. The SMILES string of the molecule is Cc1cccc(NC(=O)N[C@@H]2COc3ccc(C)cc3N(CC(=O)N3CCCC(C)(C)C3)C2=O)c1. The summed E-state index contributed by atoms with van der Waals surface area (Å²) in [5.74, 6) is 0.0286. The fourth-order valence-corrected chi connectivity index (χ4v) is 4.70. The van der Waals surface area contributed by atoms with E-state index in [4.69, 9.17) is 4.74 Å². The lowest BCUT2D eigenvalue weighted by Gasteiger charge is -2.39. The molecule has 0 spiro atoms. The Kier molecular flexibility index (Phi) is 7.00. The number of nitrogens with zero attached hydrogens (tertiary/aromatic N) is 2. The van der Waals surface area contributed by atoms with Gasteiger partial charge in [0.05, 0.1) is 5.69 Å². The van der Waals surface area contributed by atoms with E-state index in [1.165, 1.54) is 4.90 Å². The molecule has 0 radical (unpaired) electrons. The minimum absolute atomic E-state index is 0.0302. The van der Waals surface area contributed by atoms with Gasteiger partial charge in [-0.1, -0.05) is 32.0 Å². The number of nitrogens with one attached hydrogen (secondary N) is 2. The van der Waals surface area contributed by atoms with Crippen LogP contribution in [0.1, 0.15) is 37.8 Å². The van der Waals surface area contributed by atoms with E-state index in [-0.39, 0.29) is 30.4 Å². The highest BCUT2D eigenvalue weighted by Gasteiger charge is 2.36. The van der Waals surface area contributed by atoms with E-state index in [0.29, 0.717) is 30.2 Å². The number of benzene rings is 2. The molecule has 4 rings (SSSR count). The standard InChI is InChI=1S/C27H34N4O4/c1-18-7-5-8-20(13-18)28-26(34)29-21-16-35-23-10-9-19(2)14-22(23)31(25(21)33)15-24(32)30-12-6-11-27(3,4)17-30/h5,7-10,13-14,21H,6,11-12,15-17H2,1-4H3,(H2,28,29,34)/t21-/m1/s1. The van der Waals surface area contributed by atoms with Gasteiger partial charge in [-0.2, -0.15) is 0 Å². The van der Waals surface area contributed by atoms with E-state index < -0.39 is 12.1 Å². The second-order valence-electron chi connectivity index (χ2n) is 10.3. The molecule has 186 valence electrons. The van der Waals surface area contributed by atoms with Gasteiger partial charge in [0.25, 0.3) is 5.91 Å². The highest BCUT2D eigenvalue weighted by molar-refractivity contribution is 6.05. The van der Waals surface area contributed by atoms with Crippen molar-refractivity contribution in [1.29, 1.82) is 0 Å². The monoisotopic (exact) mass is 478 g/mol. The average molecular weight is 479 g/mol. The van der Waals surface area contributed by atoms with Crippen LogP contribution in [0.4, 0.5) is 16.2 Å². The molecule has 35 heavy (non-hydrogen) atoms. The van der Waals surface area contributed by atoms with Crippen molar-refractivity contribution in [1.82, 2.24) is 10.2 Å². The van der Waals surface area contributed by atoms with Crippen molar-refractivity contribution in [2.75, 3.05) is 36.5 Å². The van der Waals surface area contributed by atoms with E-state index in [1.54, 1.807) is 12.1 Å². The van der Waals surface area contributed by atoms with Crippen molar-refractivity contribution < 1.29 is 19.1 Å². The van der Waals surface area contributed by atoms with Gasteiger partial charge in [0.2, 0.25) is 5.91 Å². The summed E-state index contributed by atoms with van der Waals surface area (Å²) in [5.41, 5.74) is 3.17. The Morgan fingerprint density at radius 3 is 2.63 bits per heavy atom. The highest BCUT2D eigenvalue weighted by atomic mass is 16.5. The molecule has 8 heteroatoms. The summed E-state index contributed by atoms with van der Waals surface area (Å²) < 4.78 is 5.92. The van der Waals surface area contributed by atoms with Crippen LogP contribution >= 0.6 is 0 Å². The average Bonchev–Trinajstić information content (AvgIpc) is 2.90. The minimum atomic E-state index is -0.946. The lowest BCUT2D eigenvalue weighted by atomic mass is 9.84. The first kappa shape index (κ1) is 24.6. The number of piperidine rings is 1. The molecule has 4 amide bonds. The van der Waals surface area contributed by atoms with Gasteiger partial charge in [0.1, 0.15) is 24.9 Å². The van der Waals surface area contributed by atoms with Gasteiger partial charge in [0, 0.05) is 18.8 Å². The second-order valence-corrected chi connectivity index (χ2v) is 10.3. The van der Waals surface area contributed by atoms with Crippen molar-refractivity contribution in [3.8, 4) is 5.75 Å². The smallest absolute Gasteiger partial charge is 0.320 e. The zero-order valence-electron chi connectivity index (χ0n) is 20.9. The summed E-state index contributed by atoms with van der Waals surface area (Å²) in [6.07, 6.45) is 2.01. The maximum absolute atomic E-state index is 13.6. The topological polar surface area (TPSA) is 91.0 Å². The molecule has 2 aliphatic rings. The summed E-state index contributed by atoms with van der Waals surface area (Å²) in [6.45, 7) is 9.38. The number of ether oxygens (including phenoxy) is 1. The number of anilines is 2. The predicted octanol–water partition coefficient (Wildman–Crippen LogP) is 3.87. The van der Waals surface area contributed by atoms with E-state index in [0.717, 1.165) is 24.0 Å². The number of aryl methyl sites for hydroxylation is 2. The third-order valence-corrected chi connectivity index (χ3v) is 6.50. The Morgan fingerprint density at radius 1 is 1.11 bits per heavy atom. The third-order valence-electron chi connectivity index (χ3n) is 6.50. The molecule has 0 saturated carbocycles. The first-order valence-corrected chi connectivity index (χ1v) is 12.1. The Hall–Kier alpha value is -3.55. The zero-order chi connectivity index (χ0) is 25.2. The molecule has 1 saturated heterocycles.